The van der Waals surface area contributed by atoms with Crippen LogP contribution in [0, 0.1) is 5.41 Å². The van der Waals surface area contributed by atoms with Crippen molar-refractivity contribution in [1.82, 2.24) is 4.31 Å². The van der Waals surface area contributed by atoms with E-state index in [0.29, 0.717) is 24.5 Å². The highest BCUT2D eigenvalue weighted by molar-refractivity contribution is 7.89. The molecule has 0 saturated carbocycles. The van der Waals surface area contributed by atoms with Gasteiger partial charge in [0.1, 0.15) is 0 Å². The van der Waals surface area contributed by atoms with Gasteiger partial charge in [0.25, 0.3) is 0 Å². The lowest BCUT2D eigenvalue weighted by atomic mass is 9.90. The standard InChI is InChI=1S/C18H22N2O2S/c1-18(13-19)11-12-20(14-18)23(21,22)17-10-6-5-9-16(17)15-7-3-2-4-8-15/h2-10H,11-14,19H2,1H3. The smallest absolute Gasteiger partial charge is 0.243 e. The number of rotatable bonds is 4. The SMILES string of the molecule is CC1(CN)CCN(S(=O)(=O)c2ccccc2-c2ccccc2)C1. The summed E-state index contributed by atoms with van der Waals surface area (Å²) < 4.78 is 27.8. The highest BCUT2D eigenvalue weighted by Gasteiger charge is 2.39. The van der Waals surface area contributed by atoms with Crippen LogP contribution >= 0.6 is 0 Å². The van der Waals surface area contributed by atoms with Gasteiger partial charge in [-0.3, -0.25) is 0 Å². The van der Waals surface area contributed by atoms with E-state index in [-0.39, 0.29) is 5.41 Å². The van der Waals surface area contributed by atoms with Crippen molar-refractivity contribution in [3.8, 4) is 11.1 Å². The van der Waals surface area contributed by atoms with Gasteiger partial charge in [0.2, 0.25) is 10.0 Å². The molecule has 1 saturated heterocycles. The zero-order chi connectivity index (χ0) is 16.5. The summed E-state index contributed by atoms with van der Waals surface area (Å²) in [6.45, 7) is 3.55. The number of sulfonamides is 1. The van der Waals surface area contributed by atoms with Gasteiger partial charge in [0.05, 0.1) is 4.90 Å². The molecule has 0 aromatic heterocycles. The van der Waals surface area contributed by atoms with Crippen LogP contribution in [-0.2, 0) is 10.0 Å². The second kappa shape index (κ2) is 6.07. The Morgan fingerprint density at radius 3 is 2.39 bits per heavy atom. The lowest BCUT2D eigenvalue weighted by Crippen LogP contribution is -2.34. The average Bonchev–Trinajstić information content (AvgIpc) is 3.00. The maximum absolute atomic E-state index is 13.1. The van der Waals surface area contributed by atoms with Gasteiger partial charge >= 0.3 is 0 Å². The topological polar surface area (TPSA) is 63.4 Å². The Bertz CT molecular complexity index is 790. The molecule has 2 N–H and O–H groups in total. The Labute approximate surface area is 138 Å². The summed E-state index contributed by atoms with van der Waals surface area (Å²) in [4.78, 5) is 0.368. The van der Waals surface area contributed by atoms with Crippen LogP contribution in [0.3, 0.4) is 0 Å². The monoisotopic (exact) mass is 330 g/mol. The summed E-state index contributed by atoms with van der Waals surface area (Å²) in [6.07, 6.45) is 0.802. The largest absolute Gasteiger partial charge is 0.330 e. The van der Waals surface area contributed by atoms with Crippen molar-refractivity contribution in [3.63, 3.8) is 0 Å². The van der Waals surface area contributed by atoms with Crippen molar-refractivity contribution < 1.29 is 8.42 Å². The van der Waals surface area contributed by atoms with Gasteiger partial charge in [0, 0.05) is 18.7 Å². The van der Waals surface area contributed by atoms with Crippen LogP contribution in [0.4, 0.5) is 0 Å². The Morgan fingerprint density at radius 1 is 1.09 bits per heavy atom. The zero-order valence-corrected chi connectivity index (χ0v) is 14.1. The molecule has 1 heterocycles. The predicted molar refractivity (Wildman–Crippen MR) is 92.4 cm³/mol. The molecule has 0 spiro atoms. The highest BCUT2D eigenvalue weighted by atomic mass is 32.2. The Hall–Kier alpha value is -1.69. The van der Waals surface area contributed by atoms with Crippen LogP contribution in [0.5, 0.6) is 0 Å². The molecule has 1 atom stereocenters. The van der Waals surface area contributed by atoms with Crippen LogP contribution < -0.4 is 5.73 Å². The minimum Gasteiger partial charge on any atom is -0.330 e. The molecule has 0 bridgehead atoms. The molecule has 1 aliphatic heterocycles. The normalized spacial score (nSPS) is 22.3. The molecule has 0 aliphatic carbocycles. The molecular weight excluding hydrogens is 308 g/mol. The molecule has 23 heavy (non-hydrogen) atoms. The minimum atomic E-state index is -3.52. The second-order valence-corrected chi connectivity index (χ2v) is 8.37. The van der Waals surface area contributed by atoms with Crippen molar-refractivity contribution in [3.05, 3.63) is 54.6 Å². The summed E-state index contributed by atoms with van der Waals surface area (Å²) in [5, 5.41) is 0. The fourth-order valence-corrected chi connectivity index (χ4v) is 4.84. The predicted octanol–water partition coefficient (Wildman–Crippen LogP) is 2.71. The zero-order valence-electron chi connectivity index (χ0n) is 13.3. The molecule has 4 nitrogen and oxygen atoms in total. The van der Waals surface area contributed by atoms with Gasteiger partial charge in [-0.15, -0.1) is 0 Å². The molecule has 5 heteroatoms. The molecular formula is C18H22N2O2S. The molecule has 1 fully saturated rings. The molecule has 2 aromatic carbocycles. The van der Waals surface area contributed by atoms with E-state index in [1.165, 1.54) is 0 Å². The van der Waals surface area contributed by atoms with Crippen molar-refractivity contribution in [2.24, 2.45) is 11.1 Å². The first kappa shape index (κ1) is 16.2. The Kier molecular flexibility index (Phi) is 4.27. The van der Waals surface area contributed by atoms with Crippen molar-refractivity contribution >= 4 is 10.0 Å². The molecule has 2 aromatic rings. The van der Waals surface area contributed by atoms with Gasteiger partial charge in [-0.1, -0.05) is 55.5 Å². The highest BCUT2D eigenvalue weighted by Crippen LogP contribution is 2.35. The van der Waals surface area contributed by atoms with E-state index in [1.807, 2.05) is 49.4 Å². The maximum atomic E-state index is 13.1. The number of hydrogen-bond acceptors (Lipinski definition) is 3. The first-order chi connectivity index (χ1) is 11.0. The quantitative estimate of drug-likeness (QED) is 0.937. The van der Waals surface area contributed by atoms with Gasteiger partial charge < -0.3 is 5.73 Å². The number of nitrogens with zero attached hydrogens (tertiary/aromatic N) is 1. The van der Waals surface area contributed by atoms with E-state index >= 15 is 0 Å². The van der Waals surface area contributed by atoms with E-state index in [1.54, 1.807) is 16.4 Å². The fourth-order valence-electron chi connectivity index (χ4n) is 3.04. The van der Waals surface area contributed by atoms with Gasteiger partial charge in [0.15, 0.2) is 0 Å². The van der Waals surface area contributed by atoms with Gasteiger partial charge in [-0.05, 0) is 30.0 Å². The van der Waals surface area contributed by atoms with Crippen LogP contribution in [0.2, 0.25) is 0 Å². The molecule has 3 rings (SSSR count). The molecule has 0 radical (unpaired) electrons. The third-order valence-electron chi connectivity index (χ3n) is 4.61. The summed E-state index contributed by atoms with van der Waals surface area (Å²) in [6, 6.07) is 16.8. The first-order valence-electron chi connectivity index (χ1n) is 7.81. The average molecular weight is 330 g/mol. The van der Waals surface area contributed by atoms with Crippen LogP contribution in [0.1, 0.15) is 13.3 Å². The van der Waals surface area contributed by atoms with Crippen LogP contribution in [-0.4, -0.2) is 32.4 Å². The van der Waals surface area contributed by atoms with E-state index in [9.17, 15) is 8.42 Å². The maximum Gasteiger partial charge on any atom is 0.243 e. The lowest BCUT2D eigenvalue weighted by Gasteiger charge is -2.23. The van der Waals surface area contributed by atoms with E-state index in [0.717, 1.165) is 17.5 Å². The van der Waals surface area contributed by atoms with E-state index in [2.05, 4.69) is 0 Å². The van der Waals surface area contributed by atoms with Crippen LogP contribution in [0.25, 0.3) is 11.1 Å². The third-order valence-corrected chi connectivity index (χ3v) is 6.51. The summed E-state index contributed by atoms with van der Waals surface area (Å²) in [7, 11) is -3.52. The van der Waals surface area contributed by atoms with Crippen molar-refractivity contribution in [2.75, 3.05) is 19.6 Å². The fraction of sp³-hybridized carbons (Fsp3) is 0.333. The minimum absolute atomic E-state index is 0.130. The summed E-state index contributed by atoms with van der Waals surface area (Å²) in [5.41, 5.74) is 7.34. The first-order valence-corrected chi connectivity index (χ1v) is 9.25. The number of benzene rings is 2. The number of hydrogen-bond donors (Lipinski definition) is 1. The van der Waals surface area contributed by atoms with E-state index < -0.39 is 10.0 Å². The lowest BCUT2D eigenvalue weighted by molar-refractivity contribution is 0.350. The van der Waals surface area contributed by atoms with Crippen LogP contribution in [0.15, 0.2) is 59.5 Å². The third kappa shape index (κ3) is 3.04. The summed E-state index contributed by atoms with van der Waals surface area (Å²) >= 11 is 0. The molecule has 1 unspecified atom stereocenters. The van der Waals surface area contributed by atoms with Gasteiger partial charge in [-0.2, -0.15) is 4.31 Å². The Morgan fingerprint density at radius 2 is 1.74 bits per heavy atom. The van der Waals surface area contributed by atoms with E-state index in [4.69, 9.17) is 5.73 Å². The van der Waals surface area contributed by atoms with Crippen molar-refractivity contribution in [1.29, 1.82) is 0 Å². The molecule has 0 amide bonds. The van der Waals surface area contributed by atoms with Gasteiger partial charge in [-0.25, -0.2) is 8.42 Å². The number of nitrogens with two attached hydrogens (primary N) is 1. The molecule has 1 aliphatic rings. The second-order valence-electron chi connectivity index (χ2n) is 6.47. The van der Waals surface area contributed by atoms with Crippen molar-refractivity contribution in [2.45, 2.75) is 18.2 Å². The summed E-state index contributed by atoms with van der Waals surface area (Å²) in [5.74, 6) is 0. The Balaban J connectivity index is 2.02. The molecule has 122 valence electrons.